The van der Waals surface area contributed by atoms with Gasteiger partial charge in [-0.2, -0.15) is 5.10 Å². The SMILES string of the molecule is COc1ccccc1NCC(=O)N/N=C\c1ccc(C(=O)[O-])cc1. The summed E-state index contributed by atoms with van der Waals surface area (Å²) in [6.45, 7) is 0.0291. The first-order valence-electron chi connectivity index (χ1n) is 7.10. The summed E-state index contributed by atoms with van der Waals surface area (Å²) in [7, 11) is 1.55. The van der Waals surface area contributed by atoms with Gasteiger partial charge < -0.3 is 20.0 Å². The van der Waals surface area contributed by atoms with Gasteiger partial charge in [0.15, 0.2) is 0 Å². The van der Waals surface area contributed by atoms with Crippen LogP contribution in [0.1, 0.15) is 15.9 Å². The van der Waals surface area contributed by atoms with E-state index in [-0.39, 0.29) is 18.0 Å². The molecule has 0 aliphatic carbocycles. The Labute approximate surface area is 139 Å². The molecule has 0 unspecified atom stereocenters. The first kappa shape index (κ1) is 17.0. The Morgan fingerprint density at radius 2 is 1.88 bits per heavy atom. The van der Waals surface area contributed by atoms with Crippen LogP contribution in [0.25, 0.3) is 0 Å². The Bertz CT molecular complexity index is 742. The van der Waals surface area contributed by atoms with Gasteiger partial charge in [0.25, 0.3) is 5.91 Å². The molecule has 2 N–H and O–H groups in total. The summed E-state index contributed by atoms with van der Waals surface area (Å²) in [6.07, 6.45) is 1.42. The molecular weight excluding hydrogens is 310 g/mol. The van der Waals surface area contributed by atoms with E-state index in [4.69, 9.17) is 4.74 Å². The van der Waals surface area contributed by atoms with Crippen molar-refractivity contribution in [3.05, 3.63) is 59.7 Å². The monoisotopic (exact) mass is 326 g/mol. The van der Waals surface area contributed by atoms with Crippen molar-refractivity contribution in [1.82, 2.24) is 5.43 Å². The molecule has 0 spiro atoms. The topological polar surface area (TPSA) is 103 Å². The van der Waals surface area contributed by atoms with Crippen molar-refractivity contribution in [2.24, 2.45) is 5.10 Å². The first-order chi connectivity index (χ1) is 11.6. The third-order valence-corrected chi connectivity index (χ3v) is 3.10. The predicted molar refractivity (Wildman–Crippen MR) is 88.0 cm³/mol. The first-order valence-corrected chi connectivity index (χ1v) is 7.10. The van der Waals surface area contributed by atoms with Crippen molar-refractivity contribution in [2.75, 3.05) is 19.0 Å². The molecule has 0 saturated carbocycles. The van der Waals surface area contributed by atoms with E-state index < -0.39 is 5.97 Å². The highest BCUT2D eigenvalue weighted by molar-refractivity contribution is 5.88. The molecule has 0 atom stereocenters. The number of hydrogen-bond donors (Lipinski definition) is 2. The maximum Gasteiger partial charge on any atom is 0.259 e. The lowest BCUT2D eigenvalue weighted by Gasteiger charge is -2.09. The van der Waals surface area contributed by atoms with Crippen molar-refractivity contribution >= 4 is 23.8 Å². The van der Waals surface area contributed by atoms with Crippen LogP contribution in [-0.4, -0.2) is 31.7 Å². The van der Waals surface area contributed by atoms with Gasteiger partial charge in [-0.25, -0.2) is 5.43 Å². The lowest BCUT2D eigenvalue weighted by Crippen LogP contribution is -2.26. The predicted octanol–water partition coefficient (Wildman–Crippen LogP) is 0.621. The molecule has 0 saturated heterocycles. The molecule has 0 aliphatic rings. The molecule has 0 heterocycles. The number of carbonyl (C=O) groups excluding carboxylic acids is 2. The van der Waals surface area contributed by atoms with Crippen LogP contribution in [0, 0.1) is 0 Å². The second-order valence-corrected chi connectivity index (χ2v) is 4.76. The number of hydrazone groups is 1. The highest BCUT2D eigenvalue weighted by atomic mass is 16.5. The lowest BCUT2D eigenvalue weighted by atomic mass is 10.1. The summed E-state index contributed by atoms with van der Waals surface area (Å²) >= 11 is 0. The number of para-hydroxylation sites is 2. The Morgan fingerprint density at radius 1 is 1.17 bits per heavy atom. The third kappa shape index (κ3) is 4.84. The zero-order valence-corrected chi connectivity index (χ0v) is 13.0. The molecule has 24 heavy (non-hydrogen) atoms. The van der Waals surface area contributed by atoms with E-state index in [0.717, 1.165) is 0 Å². The maximum absolute atomic E-state index is 11.7. The minimum atomic E-state index is -1.24. The van der Waals surface area contributed by atoms with Gasteiger partial charge in [-0.1, -0.05) is 36.4 Å². The molecule has 0 fully saturated rings. The quantitative estimate of drug-likeness (QED) is 0.573. The van der Waals surface area contributed by atoms with Gasteiger partial charge in [-0.05, 0) is 23.3 Å². The summed E-state index contributed by atoms with van der Waals surface area (Å²) < 4.78 is 5.17. The van der Waals surface area contributed by atoms with E-state index in [1.54, 1.807) is 31.4 Å². The lowest BCUT2D eigenvalue weighted by molar-refractivity contribution is -0.255. The summed E-state index contributed by atoms with van der Waals surface area (Å²) in [4.78, 5) is 22.4. The van der Waals surface area contributed by atoms with Crippen molar-refractivity contribution in [3.63, 3.8) is 0 Å². The number of benzene rings is 2. The van der Waals surface area contributed by atoms with Crippen molar-refractivity contribution < 1.29 is 19.4 Å². The van der Waals surface area contributed by atoms with Gasteiger partial charge in [0.1, 0.15) is 5.75 Å². The summed E-state index contributed by atoms with van der Waals surface area (Å²) in [5, 5.41) is 17.4. The van der Waals surface area contributed by atoms with E-state index in [1.165, 1.54) is 18.3 Å². The minimum absolute atomic E-state index is 0.0291. The average molecular weight is 326 g/mol. The van der Waals surface area contributed by atoms with Gasteiger partial charge in [0.05, 0.1) is 31.5 Å². The van der Waals surface area contributed by atoms with Crippen LogP contribution in [0.2, 0.25) is 0 Å². The van der Waals surface area contributed by atoms with Gasteiger partial charge in [0, 0.05) is 0 Å². The minimum Gasteiger partial charge on any atom is -0.545 e. The maximum atomic E-state index is 11.7. The summed E-state index contributed by atoms with van der Waals surface area (Å²) in [5.74, 6) is -0.931. The van der Waals surface area contributed by atoms with E-state index in [2.05, 4.69) is 15.8 Å². The number of anilines is 1. The Morgan fingerprint density at radius 3 is 2.54 bits per heavy atom. The van der Waals surface area contributed by atoms with Gasteiger partial charge in [-0.3, -0.25) is 4.79 Å². The van der Waals surface area contributed by atoms with Crippen LogP contribution in [0.15, 0.2) is 53.6 Å². The number of carboxylic acids is 1. The number of methoxy groups -OCH3 is 1. The fourth-order valence-corrected chi connectivity index (χ4v) is 1.89. The molecule has 0 radical (unpaired) electrons. The number of aromatic carboxylic acids is 1. The molecule has 2 rings (SSSR count). The van der Waals surface area contributed by atoms with Crippen molar-refractivity contribution in [2.45, 2.75) is 0 Å². The highest BCUT2D eigenvalue weighted by Crippen LogP contribution is 2.22. The Balaban J connectivity index is 1.83. The zero-order chi connectivity index (χ0) is 17.4. The second kappa shape index (κ2) is 8.33. The van der Waals surface area contributed by atoms with Crippen LogP contribution in [0.5, 0.6) is 5.75 Å². The number of carboxylic acid groups (broad SMARTS) is 1. The number of rotatable bonds is 7. The summed E-state index contributed by atoms with van der Waals surface area (Å²) in [5.41, 5.74) is 3.81. The molecule has 0 aromatic heterocycles. The van der Waals surface area contributed by atoms with E-state index in [1.807, 2.05) is 12.1 Å². The highest BCUT2D eigenvalue weighted by Gasteiger charge is 2.03. The fourth-order valence-electron chi connectivity index (χ4n) is 1.89. The molecule has 1 amide bonds. The normalized spacial score (nSPS) is 10.4. The number of nitrogens with one attached hydrogen (secondary N) is 2. The van der Waals surface area contributed by atoms with Crippen LogP contribution >= 0.6 is 0 Å². The van der Waals surface area contributed by atoms with Gasteiger partial charge in [-0.15, -0.1) is 0 Å². The van der Waals surface area contributed by atoms with Crippen molar-refractivity contribution in [1.29, 1.82) is 0 Å². The Kier molecular flexibility index (Phi) is 5.90. The molecule has 124 valence electrons. The average Bonchev–Trinajstić information content (AvgIpc) is 2.60. The molecule has 2 aromatic carbocycles. The van der Waals surface area contributed by atoms with Crippen LogP contribution in [-0.2, 0) is 4.79 Å². The van der Waals surface area contributed by atoms with E-state index >= 15 is 0 Å². The molecular formula is C17H16N3O4-. The van der Waals surface area contributed by atoms with Gasteiger partial charge >= 0.3 is 0 Å². The van der Waals surface area contributed by atoms with E-state index in [9.17, 15) is 14.7 Å². The fraction of sp³-hybridized carbons (Fsp3) is 0.118. The Hall–Kier alpha value is -3.35. The van der Waals surface area contributed by atoms with Crippen LogP contribution in [0.3, 0.4) is 0 Å². The molecule has 2 aromatic rings. The standard InChI is InChI=1S/C17H17N3O4/c1-24-15-5-3-2-4-14(15)18-11-16(21)20-19-10-12-6-8-13(9-7-12)17(22)23/h2-10,18H,11H2,1H3,(H,20,21)(H,22,23)/p-1/b19-10-. The smallest absolute Gasteiger partial charge is 0.259 e. The van der Waals surface area contributed by atoms with Crippen LogP contribution < -0.4 is 20.6 Å². The molecule has 7 nitrogen and oxygen atoms in total. The number of hydrogen-bond acceptors (Lipinski definition) is 6. The number of ether oxygens (including phenoxy) is 1. The number of carbonyl (C=O) groups is 2. The molecule has 0 aliphatic heterocycles. The molecule has 7 heteroatoms. The number of nitrogens with zero attached hydrogens (tertiary/aromatic N) is 1. The summed E-state index contributed by atoms with van der Waals surface area (Å²) in [6, 6.07) is 13.2. The number of amides is 1. The van der Waals surface area contributed by atoms with Crippen LogP contribution in [0.4, 0.5) is 5.69 Å². The largest absolute Gasteiger partial charge is 0.545 e. The van der Waals surface area contributed by atoms with E-state index in [0.29, 0.717) is 17.0 Å². The molecule has 0 bridgehead atoms. The zero-order valence-electron chi connectivity index (χ0n) is 13.0. The third-order valence-electron chi connectivity index (χ3n) is 3.10. The van der Waals surface area contributed by atoms with Gasteiger partial charge in [0.2, 0.25) is 0 Å². The second-order valence-electron chi connectivity index (χ2n) is 4.76. The van der Waals surface area contributed by atoms with Crippen molar-refractivity contribution in [3.8, 4) is 5.75 Å².